The SMILES string of the molecule is CCc1c(NC(=O)C(N=Nc2cc(Cl)cc(C(=O)Nc3c(Cl)cccc3Cl)c2)C(C)=O)ccc(NC(=O)C(N=Nc2cc(Cl)cc(C(=O)Nc3c(Cl)cccc3Cl)c2)C(C)=O)c1CC. The second-order valence-electron chi connectivity index (χ2n) is 13.8. The minimum absolute atomic E-state index is 0.0731. The quantitative estimate of drug-likeness (QED) is 0.0560. The fraction of sp³-hybridized carbons (Fsp3) is 0.182. The summed E-state index contributed by atoms with van der Waals surface area (Å²) in [6.45, 7) is 6.01. The van der Waals surface area contributed by atoms with Gasteiger partial charge in [0.25, 0.3) is 23.6 Å². The summed E-state index contributed by atoms with van der Waals surface area (Å²) >= 11 is 37.3. The van der Waals surface area contributed by atoms with E-state index in [0.717, 1.165) is 0 Å². The van der Waals surface area contributed by atoms with Crippen molar-refractivity contribution in [2.24, 2.45) is 20.5 Å². The number of nitrogens with one attached hydrogen (secondary N) is 4. The third kappa shape index (κ3) is 12.5. The molecule has 64 heavy (non-hydrogen) atoms. The number of hydrogen-bond donors (Lipinski definition) is 4. The molecule has 0 saturated carbocycles. The number of anilines is 4. The smallest absolute Gasteiger partial charge is 0.258 e. The second kappa shape index (κ2) is 22.2. The van der Waals surface area contributed by atoms with Crippen molar-refractivity contribution in [1.29, 1.82) is 0 Å². The van der Waals surface area contributed by atoms with Gasteiger partial charge in [-0.25, -0.2) is 0 Å². The van der Waals surface area contributed by atoms with Gasteiger partial charge in [-0.2, -0.15) is 20.5 Å². The summed E-state index contributed by atoms with van der Waals surface area (Å²) in [4.78, 5) is 78.8. The van der Waals surface area contributed by atoms with Crippen molar-refractivity contribution in [3.8, 4) is 0 Å². The van der Waals surface area contributed by atoms with Gasteiger partial charge in [0.15, 0.2) is 11.6 Å². The maximum atomic E-state index is 13.6. The molecule has 4 N–H and O–H groups in total. The van der Waals surface area contributed by atoms with E-state index < -0.39 is 47.3 Å². The van der Waals surface area contributed by atoms with Gasteiger partial charge in [0, 0.05) is 32.5 Å². The van der Waals surface area contributed by atoms with Crippen LogP contribution in [0.4, 0.5) is 34.1 Å². The molecule has 2 unspecified atom stereocenters. The lowest BCUT2D eigenvalue weighted by molar-refractivity contribution is -0.127. The maximum absolute atomic E-state index is 13.6. The van der Waals surface area contributed by atoms with E-state index in [2.05, 4.69) is 41.7 Å². The molecule has 5 aromatic rings. The predicted octanol–water partition coefficient (Wildman–Crippen LogP) is 12.6. The number of nitrogens with zero attached hydrogens (tertiary/aromatic N) is 4. The van der Waals surface area contributed by atoms with Gasteiger partial charge in [-0.05, 0) is 111 Å². The molecule has 0 aliphatic heterocycles. The molecular formula is C44H36Cl6N8O6. The summed E-state index contributed by atoms with van der Waals surface area (Å²) in [6, 6.07) is 17.6. The first kappa shape index (κ1) is 49.3. The molecule has 0 radical (unpaired) electrons. The number of hydrogen-bond acceptors (Lipinski definition) is 10. The minimum Gasteiger partial charge on any atom is -0.323 e. The number of para-hydroxylation sites is 2. The molecule has 0 fully saturated rings. The number of benzene rings is 5. The Morgan fingerprint density at radius 3 is 1.16 bits per heavy atom. The number of carbonyl (C=O) groups is 6. The Labute approximate surface area is 397 Å². The van der Waals surface area contributed by atoms with Crippen LogP contribution >= 0.6 is 69.6 Å². The van der Waals surface area contributed by atoms with E-state index in [4.69, 9.17) is 69.6 Å². The van der Waals surface area contributed by atoms with Gasteiger partial charge in [0.1, 0.15) is 0 Å². The number of Topliss-reactive ketones (excluding diaryl/α,β-unsaturated/α-hetero) is 2. The van der Waals surface area contributed by atoms with E-state index in [1.54, 1.807) is 36.4 Å². The van der Waals surface area contributed by atoms with Crippen LogP contribution < -0.4 is 21.3 Å². The van der Waals surface area contributed by atoms with Crippen molar-refractivity contribution in [3.05, 3.63) is 137 Å². The molecule has 5 rings (SSSR count). The minimum atomic E-state index is -1.60. The summed E-state index contributed by atoms with van der Waals surface area (Å²) in [5.41, 5.74) is 2.61. The zero-order valence-electron chi connectivity index (χ0n) is 34.2. The van der Waals surface area contributed by atoms with Gasteiger partial charge in [0.2, 0.25) is 12.1 Å². The highest BCUT2D eigenvalue weighted by molar-refractivity contribution is 6.41. The van der Waals surface area contributed by atoms with Crippen molar-refractivity contribution in [2.45, 2.75) is 52.6 Å². The van der Waals surface area contributed by atoms with Crippen LogP contribution in [-0.4, -0.2) is 47.3 Å². The van der Waals surface area contributed by atoms with Crippen LogP contribution in [0.2, 0.25) is 30.1 Å². The largest absolute Gasteiger partial charge is 0.323 e. The molecular weight excluding hydrogens is 949 g/mol. The molecule has 330 valence electrons. The zero-order valence-corrected chi connectivity index (χ0v) is 38.7. The zero-order chi connectivity index (χ0) is 46.8. The molecule has 0 aliphatic carbocycles. The molecule has 0 aliphatic rings. The molecule has 0 aromatic heterocycles. The first-order valence-electron chi connectivity index (χ1n) is 19.1. The van der Waals surface area contributed by atoms with Gasteiger partial charge in [-0.15, -0.1) is 0 Å². The molecule has 0 heterocycles. The lowest BCUT2D eigenvalue weighted by Crippen LogP contribution is -2.33. The highest BCUT2D eigenvalue weighted by Crippen LogP contribution is 2.34. The fourth-order valence-electron chi connectivity index (χ4n) is 6.15. The molecule has 14 nitrogen and oxygen atoms in total. The summed E-state index contributed by atoms with van der Waals surface area (Å²) in [5.74, 6) is -4.07. The predicted molar refractivity (Wildman–Crippen MR) is 252 cm³/mol. The third-order valence-electron chi connectivity index (χ3n) is 9.19. The van der Waals surface area contributed by atoms with Crippen LogP contribution in [0, 0.1) is 0 Å². The van der Waals surface area contributed by atoms with Gasteiger partial charge in [-0.3, -0.25) is 28.8 Å². The van der Waals surface area contributed by atoms with Crippen LogP contribution in [0.3, 0.4) is 0 Å². The van der Waals surface area contributed by atoms with E-state index in [9.17, 15) is 28.8 Å². The Hall–Kier alpha value is -5.74. The van der Waals surface area contributed by atoms with Crippen molar-refractivity contribution >= 4 is 139 Å². The molecule has 2 atom stereocenters. The van der Waals surface area contributed by atoms with Gasteiger partial charge >= 0.3 is 0 Å². The number of azo groups is 2. The van der Waals surface area contributed by atoms with Crippen molar-refractivity contribution in [2.75, 3.05) is 21.3 Å². The van der Waals surface area contributed by atoms with E-state index >= 15 is 0 Å². The molecule has 5 aromatic carbocycles. The molecule has 0 bridgehead atoms. The number of carbonyl (C=O) groups excluding carboxylic acids is 6. The Morgan fingerprint density at radius 1 is 0.500 bits per heavy atom. The summed E-state index contributed by atoms with van der Waals surface area (Å²) < 4.78 is 0. The van der Waals surface area contributed by atoms with E-state index in [-0.39, 0.29) is 64.0 Å². The summed E-state index contributed by atoms with van der Waals surface area (Å²) in [7, 11) is 0. The molecule has 4 amide bonds. The third-order valence-corrected chi connectivity index (χ3v) is 10.9. The van der Waals surface area contributed by atoms with Crippen LogP contribution in [0.15, 0.2) is 105 Å². The van der Waals surface area contributed by atoms with E-state index in [0.29, 0.717) is 35.3 Å². The number of rotatable bonds is 16. The first-order chi connectivity index (χ1) is 30.4. The topological polar surface area (TPSA) is 200 Å². The molecule has 0 saturated heterocycles. The van der Waals surface area contributed by atoms with E-state index in [1.807, 2.05) is 13.8 Å². The Morgan fingerprint density at radius 2 is 0.844 bits per heavy atom. The van der Waals surface area contributed by atoms with Gasteiger partial charge < -0.3 is 21.3 Å². The van der Waals surface area contributed by atoms with Crippen LogP contribution in [0.5, 0.6) is 0 Å². The highest BCUT2D eigenvalue weighted by Gasteiger charge is 2.27. The summed E-state index contributed by atoms with van der Waals surface area (Å²) in [5, 5.41) is 28.0. The summed E-state index contributed by atoms with van der Waals surface area (Å²) in [6.07, 6.45) is 0.759. The Kier molecular flexibility index (Phi) is 17.1. The number of ketones is 2. The lowest BCUT2D eigenvalue weighted by Gasteiger charge is -2.20. The monoisotopic (exact) mass is 982 g/mol. The van der Waals surface area contributed by atoms with E-state index in [1.165, 1.54) is 62.4 Å². The van der Waals surface area contributed by atoms with Gasteiger partial charge in [0.05, 0.1) is 42.8 Å². The highest BCUT2D eigenvalue weighted by atomic mass is 35.5. The number of halogens is 6. The normalized spacial score (nSPS) is 12.2. The Bertz CT molecular complexity index is 2520. The van der Waals surface area contributed by atoms with Gasteiger partial charge in [-0.1, -0.05) is 95.6 Å². The maximum Gasteiger partial charge on any atom is 0.258 e. The average Bonchev–Trinajstić information content (AvgIpc) is 3.23. The first-order valence-corrected chi connectivity index (χ1v) is 21.4. The standard InChI is InChI=1S/C44H36Cl6N8O6/c1-5-29-30(6-2)36(52-44(64)38(22(4)60)58-56-28-18-24(16-26(46)20-28)42(62)54-40-33(49)11-8-12-34(40)50)14-13-35(29)51-43(63)37(21(3)59)57-55-27-17-23(15-25(45)19-27)41(61)53-39-31(47)9-7-10-32(39)48/h7-20,37-38H,5-6H2,1-4H3,(H,51,63)(H,52,64)(H,53,61)(H,54,62). The van der Waals surface area contributed by atoms with Crippen molar-refractivity contribution in [3.63, 3.8) is 0 Å². The fourth-order valence-corrected chi connectivity index (χ4v) is 7.60. The average molecular weight is 986 g/mol. The second-order valence-corrected chi connectivity index (χ2v) is 16.3. The van der Waals surface area contributed by atoms with Crippen LogP contribution in [0.1, 0.15) is 59.5 Å². The van der Waals surface area contributed by atoms with Crippen LogP contribution in [-0.2, 0) is 32.0 Å². The van der Waals surface area contributed by atoms with Crippen molar-refractivity contribution in [1.82, 2.24) is 0 Å². The Balaban J connectivity index is 1.32. The molecule has 20 heteroatoms. The lowest BCUT2D eigenvalue weighted by atomic mass is 9.98. The van der Waals surface area contributed by atoms with Crippen molar-refractivity contribution < 1.29 is 28.8 Å². The number of amides is 4. The molecule has 0 spiro atoms. The van der Waals surface area contributed by atoms with Crippen LogP contribution in [0.25, 0.3) is 0 Å².